The average molecular weight is 324 g/mol. The van der Waals surface area contributed by atoms with Gasteiger partial charge in [0, 0.05) is 41.5 Å². The third kappa shape index (κ3) is 5.09. The molecule has 0 spiro atoms. The molecule has 0 aliphatic carbocycles. The summed E-state index contributed by atoms with van der Waals surface area (Å²) in [5, 5.41) is 0. The van der Waals surface area contributed by atoms with Crippen LogP contribution in [0.15, 0.2) is 24.5 Å². The van der Waals surface area contributed by atoms with E-state index >= 15 is 0 Å². The molecule has 1 fully saturated rings. The SMILES string of the molecule is CC(C)(C)OC(=O)N1CCC[C@H]1C[S@](=O)Cc1cccnc1. The molecule has 0 saturated carbocycles. The summed E-state index contributed by atoms with van der Waals surface area (Å²) in [5.41, 5.74) is 0.460. The number of carbonyl (C=O) groups is 1. The van der Waals surface area contributed by atoms with E-state index in [0.29, 0.717) is 18.1 Å². The summed E-state index contributed by atoms with van der Waals surface area (Å²) in [4.78, 5) is 18.0. The number of hydrogen-bond donors (Lipinski definition) is 0. The zero-order valence-corrected chi connectivity index (χ0v) is 14.3. The van der Waals surface area contributed by atoms with E-state index in [-0.39, 0.29) is 12.1 Å². The Morgan fingerprint density at radius 2 is 2.27 bits per heavy atom. The van der Waals surface area contributed by atoms with Crippen molar-refractivity contribution in [3.8, 4) is 0 Å². The minimum absolute atomic E-state index is 0.00681. The van der Waals surface area contributed by atoms with Crippen LogP contribution in [0.3, 0.4) is 0 Å². The molecule has 22 heavy (non-hydrogen) atoms. The van der Waals surface area contributed by atoms with Crippen LogP contribution in [-0.4, -0.2) is 44.1 Å². The number of aromatic nitrogens is 1. The van der Waals surface area contributed by atoms with Gasteiger partial charge in [0.15, 0.2) is 0 Å². The van der Waals surface area contributed by atoms with Gasteiger partial charge in [0.25, 0.3) is 0 Å². The van der Waals surface area contributed by atoms with Gasteiger partial charge in [-0.25, -0.2) is 4.79 Å². The number of amides is 1. The predicted octanol–water partition coefficient (Wildman–Crippen LogP) is 2.73. The van der Waals surface area contributed by atoms with Gasteiger partial charge in [0.1, 0.15) is 5.60 Å². The quantitative estimate of drug-likeness (QED) is 0.854. The van der Waals surface area contributed by atoms with E-state index in [4.69, 9.17) is 4.74 Å². The molecule has 2 rings (SSSR count). The number of rotatable bonds is 4. The fraction of sp³-hybridized carbons (Fsp3) is 0.625. The van der Waals surface area contributed by atoms with Crippen molar-refractivity contribution in [2.75, 3.05) is 12.3 Å². The van der Waals surface area contributed by atoms with E-state index in [1.165, 1.54) is 0 Å². The van der Waals surface area contributed by atoms with Crippen LogP contribution in [0.1, 0.15) is 39.2 Å². The second-order valence-corrected chi connectivity index (χ2v) is 8.08. The summed E-state index contributed by atoms with van der Waals surface area (Å²) >= 11 is 0. The fourth-order valence-corrected chi connectivity index (χ4v) is 3.95. The molecule has 0 radical (unpaired) electrons. The lowest BCUT2D eigenvalue weighted by molar-refractivity contribution is 0.0241. The van der Waals surface area contributed by atoms with E-state index in [2.05, 4.69) is 4.98 Å². The highest BCUT2D eigenvalue weighted by molar-refractivity contribution is 7.84. The molecule has 5 nitrogen and oxygen atoms in total. The lowest BCUT2D eigenvalue weighted by Gasteiger charge is -2.28. The van der Waals surface area contributed by atoms with Crippen LogP contribution in [0.4, 0.5) is 4.79 Å². The maximum atomic E-state index is 12.3. The number of ether oxygens (including phenoxy) is 1. The van der Waals surface area contributed by atoms with Gasteiger partial charge in [-0.1, -0.05) is 6.07 Å². The number of hydrogen-bond acceptors (Lipinski definition) is 4. The van der Waals surface area contributed by atoms with Crippen LogP contribution in [0.5, 0.6) is 0 Å². The molecular formula is C16H24N2O3S. The topological polar surface area (TPSA) is 59.5 Å². The molecule has 1 aliphatic heterocycles. The maximum Gasteiger partial charge on any atom is 0.410 e. The standard InChI is InChI=1S/C16H24N2O3S/c1-16(2,3)21-15(19)18-9-5-7-14(18)12-22(20)11-13-6-4-8-17-10-13/h4,6,8,10,14H,5,7,9,11-12H2,1-3H3/t14-,22+/m0/s1. The third-order valence-corrected chi connectivity index (χ3v) is 4.85. The van der Waals surface area contributed by atoms with Gasteiger partial charge in [-0.3, -0.25) is 9.19 Å². The zero-order valence-electron chi connectivity index (χ0n) is 13.4. The van der Waals surface area contributed by atoms with Crippen LogP contribution in [0, 0.1) is 0 Å². The molecule has 2 heterocycles. The summed E-state index contributed by atoms with van der Waals surface area (Å²) in [6.45, 7) is 6.26. The first-order chi connectivity index (χ1) is 10.3. The largest absolute Gasteiger partial charge is 0.444 e. The Kier molecular flexibility index (Phi) is 5.56. The van der Waals surface area contributed by atoms with Crippen LogP contribution >= 0.6 is 0 Å². The van der Waals surface area contributed by atoms with Crippen molar-refractivity contribution in [3.63, 3.8) is 0 Å². The monoisotopic (exact) mass is 324 g/mol. The van der Waals surface area contributed by atoms with Crippen molar-refractivity contribution in [3.05, 3.63) is 30.1 Å². The minimum atomic E-state index is -1.01. The van der Waals surface area contributed by atoms with E-state index in [9.17, 15) is 9.00 Å². The van der Waals surface area contributed by atoms with E-state index < -0.39 is 16.4 Å². The Labute approximate surface area is 134 Å². The van der Waals surface area contributed by atoms with Gasteiger partial charge in [0.2, 0.25) is 0 Å². The molecule has 2 atom stereocenters. The number of pyridine rings is 1. The lowest BCUT2D eigenvalue weighted by Crippen LogP contribution is -2.42. The molecular weight excluding hydrogens is 300 g/mol. The van der Waals surface area contributed by atoms with Crippen molar-refractivity contribution in [2.24, 2.45) is 0 Å². The molecule has 1 saturated heterocycles. The summed E-state index contributed by atoms with van der Waals surface area (Å²) in [7, 11) is -1.01. The Morgan fingerprint density at radius 3 is 2.91 bits per heavy atom. The van der Waals surface area contributed by atoms with Crippen LogP contribution in [0.25, 0.3) is 0 Å². The van der Waals surface area contributed by atoms with Crippen LogP contribution in [-0.2, 0) is 21.3 Å². The molecule has 6 heteroatoms. The van der Waals surface area contributed by atoms with Gasteiger partial charge in [0.05, 0.1) is 5.75 Å². The molecule has 1 aromatic heterocycles. The van der Waals surface area contributed by atoms with Gasteiger partial charge < -0.3 is 9.64 Å². The molecule has 1 aromatic rings. The molecule has 1 aliphatic rings. The van der Waals surface area contributed by atoms with Gasteiger partial charge >= 0.3 is 6.09 Å². The van der Waals surface area contributed by atoms with Crippen molar-refractivity contribution >= 4 is 16.9 Å². The Hall–Kier alpha value is -1.43. The second-order valence-electron chi connectivity index (χ2n) is 6.58. The van der Waals surface area contributed by atoms with Crippen molar-refractivity contribution in [2.45, 2.75) is 51.0 Å². The summed E-state index contributed by atoms with van der Waals surface area (Å²) in [6.07, 6.45) is 4.96. The first-order valence-corrected chi connectivity index (χ1v) is 9.07. The first-order valence-electron chi connectivity index (χ1n) is 7.58. The van der Waals surface area contributed by atoms with E-state index in [1.807, 2.05) is 32.9 Å². The van der Waals surface area contributed by atoms with Crippen molar-refractivity contribution in [1.29, 1.82) is 0 Å². The highest BCUT2D eigenvalue weighted by Gasteiger charge is 2.33. The average Bonchev–Trinajstić information content (AvgIpc) is 2.86. The third-order valence-electron chi connectivity index (χ3n) is 3.43. The van der Waals surface area contributed by atoms with Crippen molar-refractivity contribution in [1.82, 2.24) is 9.88 Å². The molecule has 1 amide bonds. The number of nitrogens with zero attached hydrogens (tertiary/aromatic N) is 2. The molecule has 0 unspecified atom stereocenters. The first kappa shape index (κ1) is 16.9. The van der Waals surface area contributed by atoms with Gasteiger partial charge in [-0.15, -0.1) is 0 Å². The zero-order chi connectivity index (χ0) is 16.2. The minimum Gasteiger partial charge on any atom is -0.444 e. The molecule has 0 bridgehead atoms. The van der Waals surface area contributed by atoms with Crippen molar-refractivity contribution < 1.29 is 13.7 Å². The Balaban J connectivity index is 1.91. The molecule has 0 N–H and O–H groups in total. The van der Waals surface area contributed by atoms with Gasteiger partial charge in [-0.05, 0) is 45.2 Å². The van der Waals surface area contributed by atoms with Crippen LogP contribution in [0.2, 0.25) is 0 Å². The highest BCUT2D eigenvalue weighted by Crippen LogP contribution is 2.22. The fourth-order valence-electron chi connectivity index (χ4n) is 2.51. The maximum absolute atomic E-state index is 12.3. The lowest BCUT2D eigenvalue weighted by atomic mass is 10.2. The number of likely N-dealkylation sites (tertiary alicyclic amines) is 1. The summed E-state index contributed by atoms with van der Waals surface area (Å²) in [5.74, 6) is 0.973. The summed E-state index contributed by atoms with van der Waals surface area (Å²) < 4.78 is 17.8. The number of carbonyl (C=O) groups excluding carboxylic acids is 1. The predicted molar refractivity (Wildman–Crippen MR) is 86.9 cm³/mol. The normalized spacial score (nSPS) is 20.0. The van der Waals surface area contributed by atoms with E-state index in [1.54, 1.807) is 17.3 Å². The van der Waals surface area contributed by atoms with Crippen LogP contribution < -0.4 is 0 Å². The van der Waals surface area contributed by atoms with Gasteiger partial charge in [-0.2, -0.15) is 0 Å². The highest BCUT2D eigenvalue weighted by atomic mass is 32.2. The smallest absolute Gasteiger partial charge is 0.410 e. The Bertz CT molecular complexity index is 528. The summed E-state index contributed by atoms with van der Waals surface area (Å²) in [6, 6.07) is 3.77. The Morgan fingerprint density at radius 1 is 1.50 bits per heavy atom. The van der Waals surface area contributed by atoms with E-state index in [0.717, 1.165) is 18.4 Å². The molecule has 122 valence electrons. The molecule has 0 aromatic carbocycles. The second kappa shape index (κ2) is 7.22.